The van der Waals surface area contributed by atoms with E-state index in [1.165, 1.54) is 0 Å². The molecule has 2 N–H and O–H groups in total. The van der Waals surface area contributed by atoms with Gasteiger partial charge in [0, 0.05) is 12.2 Å². The van der Waals surface area contributed by atoms with Crippen LogP contribution >= 0.6 is 11.6 Å². The monoisotopic (exact) mass is 300 g/mol. The van der Waals surface area contributed by atoms with Crippen molar-refractivity contribution in [1.29, 1.82) is 5.26 Å². The molecule has 0 aliphatic heterocycles. The maximum Gasteiger partial charge on any atom is 0.335 e. The molecule has 0 atom stereocenters. The predicted octanol–water partition coefficient (Wildman–Crippen LogP) is 3.56. The fourth-order valence-corrected chi connectivity index (χ4v) is 2.23. The summed E-state index contributed by atoms with van der Waals surface area (Å²) in [5.74, 6) is -0.924. The van der Waals surface area contributed by atoms with E-state index in [2.05, 4.69) is 5.32 Å². The molecule has 0 aliphatic rings. The third-order valence-corrected chi connectivity index (χ3v) is 3.37. The zero-order valence-corrected chi connectivity index (χ0v) is 11.9. The summed E-state index contributed by atoms with van der Waals surface area (Å²) in [5, 5.41) is 21.5. The Labute approximate surface area is 127 Å². The minimum absolute atomic E-state index is 0.317. The molecular weight excluding hydrogens is 288 g/mol. The predicted molar refractivity (Wildman–Crippen MR) is 81.8 cm³/mol. The van der Waals surface area contributed by atoms with E-state index in [0.717, 1.165) is 11.3 Å². The minimum Gasteiger partial charge on any atom is -0.478 e. The lowest BCUT2D eigenvalue weighted by molar-refractivity contribution is 0.0695. The van der Waals surface area contributed by atoms with E-state index in [1.54, 1.807) is 36.4 Å². The molecular formula is C16H13ClN2O2. The number of nitriles is 1. The summed E-state index contributed by atoms with van der Waals surface area (Å²) >= 11 is 5.95. The Kier molecular flexibility index (Phi) is 4.81. The summed E-state index contributed by atoms with van der Waals surface area (Å²) in [7, 11) is 0. The van der Waals surface area contributed by atoms with Gasteiger partial charge in [-0.15, -0.1) is 0 Å². The third kappa shape index (κ3) is 3.74. The number of nitrogens with one attached hydrogen (secondary N) is 1. The van der Waals surface area contributed by atoms with E-state index in [1.807, 2.05) is 12.1 Å². The fourth-order valence-electron chi connectivity index (χ4n) is 2.00. The van der Waals surface area contributed by atoms with Crippen LogP contribution in [0.2, 0.25) is 5.02 Å². The van der Waals surface area contributed by atoms with Crippen molar-refractivity contribution >= 4 is 23.3 Å². The number of hydrogen-bond acceptors (Lipinski definition) is 3. The number of aromatic carboxylic acids is 1. The summed E-state index contributed by atoms with van der Waals surface area (Å²) in [6.07, 6.45) is 0.583. The van der Waals surface area contributed by atoms with E-state index in [0.29, 0.717) is 29.1 Å². The summed E-state index contributed by atoms with van der Waals surface area (Å²) in [4.78, 5) is 11.1. The van der Waals surface area contributed by atoms with Gasteiger partial charge >= 0.3 is 5.97 Å². The molecule has 0 saturated heterocycles. The normalized spacial score (nSPS) is 9.90. The highest BCUT2D eigenvalue weighted by Gasteiger charge is 2.08. The molecule has 0 radical (unpaired) electrons. The average molecular weight is 301 g/mol. The summed E-state index contributed by atoms with van der Waals surface area (Å²) in [6.45, 7) is 0.576. The number of rotatable bonds is 5. The van der Waals surface area contributed by atoms with Gasteiger partial charge in [-0.1, -0.05) is 29.8 Å². The Bertz CT molecular complexity index is 708. The molecule has 21 heavy (non-hydrogen) atoms. The number of carbonyl (C=O) groups is 1. The third-order valence-electron chi connectivity index (χ3n) is 3.06. The van der Waals surface area contributed by atoms with Gasteiger partial charge in [0.05, 0.1) is 16.1 Å². The number of anilines is 1. The summed E-state index contributed by atoms with van der Waals surface area (Å²) in [5.41, 5.74) is 2.32. The second kappa shape index (κ2) is 6.78. The largest absolute Gasteiger partial charge is 0.478 e. The van der Waals surface area contributed by atoms with Crippen LogP contribution in [0.5, 0.6) is 0 Å². The van der Waals surface area contributed by atoms with Gasteiger partial charge in [0.25, 0.3) is 0 Å². The van der Waals surface area contributed by atoms with Crippen molar-refractivity contribution < 1.29 is 9.90 Å². The second-order valence-corrected chi connectivity index (χ2v) is 4.85. The van der Waals surface area contributed by atoms with Gasteiger partial charge in [0.15, 0.2) is 0 Å². The average Bonchev–Trinajstić information content (AvgIpc) is 2.48. The molecule has 4 nitrogen and oxygen atoms in total. The molecule has 2 rings (SSSR count). The smallest absolute Gasteiger partial charge is 0.335 e. The molecule has 0 saturated carbocycles. The lowest BCUT2D eigenvalue weighted by Crippen LogP contribution is -2.09. The van der Waals surface area contributed by atoms with Gasteiger partial charge in [0.2, 0.25) is 0 Å². The van der Waals surface area contributed by atoms with Crippen molar-refractivity contribution in [2.24, 2.45) is 0 Å². The number of nitrogens with zero attached hydrogens (tertiary/aromatic N) is 1. The van der Waals surface area contributed by atoms with Crippen LogP contribution in [0, 0.1) is 11.3 Å². The molecule has 0 unspecified atom stereocenters. The van der Waals surface area contributed by atoms with Crippen LogP contribution in [0.15, 0.2) is 42.5 Å². The maximum absolute atomic E-state index is 11.1. The van der Waals surface area contributed by atoms with Crippen molar-refractivity contribution in [2.45, 2.75) is 6.42 Å². The van der Waals surface area contributed by atoms with E-state index in [-0.39, 0.29) is 0 Å². The molecule has 0 heterocycles. The Hall–Kier alpha value is -2.51. The molecule has 106 valence electrons. The number of halogens is 1. The second-order valence-electron chi connectivity index (χ2n) is 4.45. The van der Waals surface area contributed by atoms with Crippen LogP contribution in [0.25, 0.3) is 0 Å². The Balaban J connectivity index is 2.01. The first-order chi connectivity index (χ1) is 10.1. The molecule has 5 heteroatoms. The van der Waals surface area contributed by atoms with Crippen molar-refractivity contribution in [1.82, 2.24) is 0 Å². The van der Waals surface area contributed by atoms with Crippen molar-refractivity contribution in [3.8, 4) is 6.07 Å². The van der Waals surface area contributed by atoms with Crippen LogP contribution in [0.1, 0.15) is 21.5 Å². The van der Waals surface area contributed by atoms with Crippen LogP contribution < -0.4 is 5.32 Å². The SMILES string of the molecule is N#Cc1ccc(NCCc2ccccc2C(=O)O)cc1Cl. The van der Waals surface area contributed by atoms with Crippen LogP contribution in [0.3, 0.4) is 0 Å². The molecule has 0 bridgehead atoms. The van der Waals surface area contributed by atoms with E-state index in [4.69, 9.17) is 22.0 Å². The molecule has 0 aromatic heterocycles. The highest BCUT2D eigenvalue weighted by Crippen LogP contribution is 2.20. The summed E-state index contributed by atoms with van der Waals surface area (Å²) in [6, 6.07) is 14.0. The lowest BCUT2D eigenvalue weighted by atomic mass is 10.0. The van der Waals surface area contributed by atoms with E-state index >= 15 is 0 Å². The molecule has 0 spiro atoms. The highest BCUT2D eigenvalue weighted by atomic mass is 35.5. The van der Waals surface area contributed by atoms with Gasteiger partial charge in [-0.05, 0) is 36.2 Å². The van der Waals surface area contributed by atoms with Gasteiger partial charge in [-0.2, -0.15) is 5.26 Å². The van der Waals surface area contributed by atoms with Gasteiger partial charge in [0.1, 0.15) is 6.07 Å². The van der Waals surface area contributed by atoms with Gasteiger partial charge in [-0.25, -0.2) is 4.79 Å². The quantitative estimate of drug-likeness (QED) is 0.885. The molecule has 0 amide bonds. The molecule has 0 fully saturated rings. The zero-order chi connectivity index (χ0) is 15.2. The number of carboxylic acid groups (broad SMARTS) is 1. The maximum atomic E-state index is 11.1. The molecule has 2 aromatic carbocycles. The van der Waals surface area contributed by atoms with Crippen molar-refractivity contribution in [3.63, 3.8) is 0 Å². The zero-order valence-electron chi connectivity index (χ0n) is 11.1. The van der Waals surface area contributed by atoms with Gasteiger partial charge in [-0.3, -0.25) is 0 Å². The van der Waals surface area contributed by atoms with Crippen LogP contribution in [-0.4, -0.2) is 17.6 Å². The lowest BCUT2D eigenvalue weighted by Gasteiger charge is -2.09. The first-order valence-electron chi connectivity index (χ1n) is 6.36. The van der Waals surface area contributed by atoms with E-state index < -0.39 is 5.97 Å². The van der Waals surface area contributed by atoms with Crippen LogP contribution in [-0.2, 0) is 6.42 Å². The number of hydrogen-bond donors (Lipinski definition) is 2. The summed E-state index contributed by atoms with van der Waals surface area (Å²) < 4.78 is 0. The van der Waals surface area contributed by atoms with Crippen molar-refractivity contribution in [2.75, 3.05) is 11.9 Å². The fraction of sp³-hybridized carbons (Fsp3) is 0.125. The first kappa shape index (κ1) is 14.9. The number of benzene rings is 2. The van der Waals surface area contributed by atoms with Gasteiger partial charge < -0.3 is 10.4 Å². The Morgan fingerprint density at radius 2 is 2.05 bits per heavy atom. The molecule has 0 aliphatic carbocycles. The van der Waals surface area contributed by atoms with Crippen LogP contribution in [0.4, 0.5) is 5.69 Å². The number of carboxylic acids is 1. The Morgan fingerprint density at radius 1 is 1.29 bits per heavy atom. The topological polar surface area (TPSA) is 73.1 Å². The first-order valence-corrected chi connectivity index (χ1v) is 6.74. The van der Waals surface area contributed by atoms with E-state index in [9.17, 15) is 4.79 Å². The highest BCUT2D eigenvalue weighted by molar-refractivity contribution is 6.32. The molecule has 2 aromatic rings. The standard InChI is InChI=1S/C16H13ClN2O2/c17-15-9-13(6-5-12(15)10-18)19-8-7-11-3-1-2-4-14(11)16(20)21/h1-6,9,19H,7-8H2,(H,20,21). The minimum atomic E-state index is -0.924. The Morgan fingerprint density at radius 3 is 2.71 bits per heavy atom. The van der Waals surface area contributed by atoms with Crippen molar-refractivity contribution in [3.05, 3.63) is 64.2 Å².